The van der Waals surface area contributed by atoms with E-state index in [1.807, 2.05) is 6.92 Å². The highest BCUT2D eigenvalue weighted by atomic mass is 19.4. The molecule has 1 aromatic rings. The first-order valence-electron chi connectivity index (χ1n) is 10.8. The number of nitrogens with zero attached hydrogens (tertiary/aromatic N) is 3. The van der Waals surface area contributed by atoms with Gasteiger partial charge in [-0.15, -0.1) is 0 Å². The van der Waals surface area contributed by atoms with E-state index in [1.54, 1.807) is 4.90 Å². The van der Waals surface area contributed by atoms with Crippen LogP contribution in [0.15, 0.2) is 6.07 Å². The lowest BCUT2D eigenvalue weighted by Crippen LogP contribution is -2.44. The summed E-state index contributed by atoms with van der Waals surface area (Å²) in [6.07, 6.45) is -8.35. The van der Waals surface area contributed by atoms with Crippen molar-refractivity contribution in [3.63, 3.8) is 0 Å². The molecule has 1 N–H and O–H groups in total. The summed E-state index contributed by atoms with van der Waals surface area (Å²) in [5.74, 6) is -1.70. The minimum Gasteiger partial charge on any atom is -0.376 e. The molecule has 180 valence electrons. The molecule has 4 atom stereocenters. The smallest absolute Gasteiger partial charge is 0.376 e. The first kappa shape index (κ1) is 23.3. The number of hydrogen-bond acceptors (Lipinski definition) is 6. The van der Waals surface area contributed by atoms with E-state index < -0.39 is 30.5 Å². The van der Waals surface area contributed by atoms with Crippen LogP contribution in [0.25, 0.3) is 0 Å². The zero-order valence-corrected chi connectivity index (χ0v) is 17.5. The Morgan fingerprint density at radius 1 is 1.09 bits per heavy atom. The number of halogens is 6. The Balaban J connectivity index is 1.58. The van der Waals surface area contributed by atoms with Gasteiger partial charge in [0.05, 0.1) is 19.3 Å². The standard InChI is InChI=1S/C20H26F6N4O2/c1-2-32-15-10-31-9-14(15)27-16-7-17(29-18(28-16)20(24,25)26)30-12-3-4-13(30)6-11(5-12)8-19(21,22)23/h7,11-15H,2-6,8-10H2,1H3,(H,27,28,29)/t11?,12?,13?,14-,15-/m1/s1. The molecule has 0 amide bonds. The molecule has 1 aromatic heterocycles. The van der Waals surface area contributed by atoms with Crippen LogP contribution in [-0.2, 0) is 15.7 Å². The molecule has 2 unspecified atom stereocenters. The van der Waals surface area contributed by atoms with Crippen LogP contribution in [0.2, 0.25) is 0 Å². The summed E-state index contributed by atoms with van der Waals surface area (Å²) in [7, 11) is 0. The van der Waals surface area contributed by atoms with Gasteiger partial charge in [-0.25, -0.2) is 9.97 Å². The average Bonchev–Trinajstić information content (AvgIpc) is 3.21. The summed E-state index contributed by atoms with van der Waals surface area (Å²) in [5, 5.41) is 2.98. The molecular weight excluding hydrogens is 442 g/mol. The highest BCUT2D eigenvalue weighted by Gasteiger charge is 2.46. The molecule has 0 saturated carbocycles. The lowest BCUT2D eigenvalue weighted by Gasteiger charge is -2.40. The predicted octanol–water partition coefficient (Wildman–Crippen LogP) is 4.41. The fourth-order valence-corrected chi connectivity index (χ4v) is 5.16. The molecule has 6 nitrogen and oxygen atoms in total. The maximum atomic E-state index is 13.5. The van der Waals surface area contributed by atoms with Crippen LogP contribution in [0, 0.1) is 5.92 Å². The average molecular weight is 468 g/mol. The molecule has 0 radical (unpaired) electrons. The van der Waals surface area contributed by atoms with Gasteiger partial charge in [0.15, 0.2) is 0 Å². The van der Waals surface area contributed by atoms with E-state index in [2.05, 4.69) is 15.3 Å². The highest BCUT2D eigenvalue weighted by molar-refractivity contribution is 5.53. The third-order valence-electron chi connectivity index (χ3n) is 6.32. The number of alkyl halides is 6. The fraction of sp³-hybridized carbons (Fsp3) is 0.800. The number of rotatable bonds is 6. The van der Waals surface area contributed by atoms with Crippen molar-refractivity contribution in [1.29, 1.82) is 0 Å². The van der Waals surface area contributed by atoms with Crippen LogP contribution in [0.3, 0.4) is 0 Å². The third kappa shape index (κ3) is 5.22. The first-order valence-corrected chi connectivity index (χ1v) is 10.8. The van der Waals surface area contributed by atoms with Crippen LogP contribution < -0.4 is 10.2 Å². The summed E-state index contributed by atoms with van der Waals surface area (Å²) in [6.45, 7) is 2.84. The Morgan fingerprint density at radius 3 is 2.38 bits per heavy atom. The first-order chi connectivity index (χ1) is 15.0. The van der Waals surface area contributed by atoms with Gasteiger partial charge in [0.25, 0.3) is 0 Å². The lowest BCUT2D eigenvalue weighted by atomic mass is 9.88. The van der Waals surface area contributed by atoms with Crippen molar-refractivity contribution in [3.05, 3.63) is 11.9 Å². The Hall–Kier alpha value is -1.82. The van der Waals surface area contributed by atoms with Gasteiger partial charge in [-0.1, -0.05) is 0 Å². The molecule has 4 rings (SSSR count). The Morgan fingerprint density at radius 2 is 1.78 bits per heavy atom. The van der Waals surface area contributed by atoms with Gasteiger partial charge in [0.2, 0.25) is 5.82 Å². The number of nitrogens with one attached hydrogen (secondary N) is 1. The van der Waals surface area contributed by atoms with Gasteiger partial charge in [-0.2, -0.15) is 26.3 Å². The molecule has 4 heterocycles. The number of piperidine rings is 1. The van der Waals surface area contributed by atoms with Crippen molar-refractivity contribution in [2.24, 2.45) is 5.92 Å². The van der Waals surface area contributed by atoms with Crippen LogP contribution in [-0.4, -0.2) is 60.2 Å². The second-order valence-corrected chi connectivity index (χ2v) is 8.66. The van der Waals surface area contributed by atoms with Gasteiger partial charge in [-0.05, 0) is 38.5 Å². The maximum absolute atomic E-state index is 13.5. The number of fused-ring (bicyclic) bond motifs is 2. The summed E-state index contributed by atoms with van der Waals surface area (Å²) in [6, 6.07) is 0.547. The van der Waals surface area contributed by atoms with Crippen molar-refractivity contribution in [2.45, 2.75) is 75.6 Å². The number of hydrogen-bond donors (Lipinski definition) is 1. The normalized spacial score (nSPS) is 30.7. The fourth-order valence-electron chi connectivity index (χ4n) is 5.16. The highest BCUT2D eigenvalue weighted by Crippen LogP contribution is 2.45. The van der Waals surface area contributed by atoms with E-state index in [9.17, 15) is 26.3 Å². The van der Waals surface area contributed by atoms with E-state index >= 15 is 0 Å². The molecule has 0 spiro atoms. The van der Waals surface area contributed by atoms with E-state index in [0.717, 1.165) is 0 Å². The van der Waals surface area contributed by atoms with Crippen molar-refractivity contribution in [3.8, 4) is 0 Å². The Bertz CT molecular complexity index is 791. The Kier molecular flexibility index (Phi) is 6.45. The maximum Gasteiger partial charge on any atom is 0.451 e. The second-order valence-electron chi connectivity index (χ2n) is 8.66. The summed E-state index contributed by atoms with van der Waals surface area (Å²) < 4.78 is 90.2. The van der Waals surface area contributed by atoms with Crippen molar-refractivity contribution in [1.82, 2.24) is 9.97 Å². The van der Waals surface area contributed by atoms with Crippen LogP contribution in [0.4, 0.5) is 38.0 Å². The molecular formula is C20H26F6N4O2. The Labute approximate surface area is 181 Å². The van der Waals surface area contributed by atoms with Crippen molar-refractivity contribution in [2.75, 3.05) is 30.0 Å². The summed E-state index contributed by atoms with van der Waals surface area (Å²) in [4.78, 5) is 9.19. The van der Waals surface area contributed by atoms with Gasteiger partial charge in [-0.3, -0.25) is 0 Å². The van der Waals surface area contributed by atoms with Crippen molar-refractivity contribution < 1.29 is 35.8 Å². The van der Waals surface area contributed by atoms with Crippen LogP contribution >= 0.6 is 0 Å². The van der Waals surface area contributed by atoms with Crippen molar-refractivity contribution >= 4 is 11.6 Å². The van der Waals surface area contributed by atoms with Crippen LogP contribution in [0.1, 0.15) is 44.9 Å². The number of ether oxygens (including phenoxy) is 2. The zero-order valence-electron chi connectivity index (χ0n) is 17.5. The third-order valence-corrected chi connectivity index (χ3v) is 6.32. The largest absolute Gasteiger partial charge is 0.451 e. The van der Waals surface area contributed by atoms with Gasteiger partial charge in [0.1, 0.15) is 17.7 Å². The summed E-state index contributed by atoms with van der Waals surface area (Å²) in [5.41, 5.74) is 0. The lowest BCUT2D eigenvalue weighted by molar-refractivity contribution is -0.147. The van der Waals surface area contributed by atoms with Gasteiger partial charge >= 0.3 is 12.4 Å². The molecule has 3 aliphatic heterocycles. The molecule has 32 heavy (non-hydrogen) atoms. The topological polar surface area (TPSA) is 59.5 Å². The van der Waals surface area contributed by atoms with Crippen LogP contribution in [0.5, 0.6) is 0 Å². The van der Waals surface area contributed by atoms with E-state index in [-0.39, 0.29) is 55.3 Å². The van der Waals surface area contributed by atoms with E-state index in [0.29, 0.717) is 26.1 Å². The SMILES string of the molecule is CCO[C@@H]1COC[C@H]1Nc1cc(N2C3CCC2CC(CC(F)(F)F)C3)nc(C(F)(F)F)n1. The molecule has 0 aliphatic carbocycles. The van der Waals surface area contributed by atoms with Gasteiger partial charge < -0.3 is 19.7 Å². The monoisotopic (exact) mass is 468 g/mol. The molecule has 3 fully saturated rings. The minimum absolute atomic E-state index is 0.000608. The number of aromatic nitrogens is 2. The minimum atomic E-state index is -4.76. The zero-order chi connectivity index (χ0) is 23.1. The second kappa shape index (κ2) is 8.85. The van der Waals surface area contributed by atoms with E-state index in [1.165, 1.54) is 6.07 Å². The molecule has 3 saturated heterocycles. The molecule has 0 aromatic carbocycles. The number of anilines is 2. The van der Waals surface area contributed by atoms with E-state index in [4.69, 9.17) is 9.47 Å². The molecule has 12 heteroatoms. The quantitative estimate of drug-likeness (QED) is 0.625. The molecule has 2 bridgehead atoms. The summed E-state index contributed by atoms with van der Waals surface area (Å²) >= 11 is 0. The molecule has 3 aliphatic rings. The predicted molar refractivity (Wildman–Crippen MR) is 103 cm³/mol. The van der Waals surface area contributed by atoms with Gasteiger partial charge in [0, 0.05) is 31.2 Å².